The lowest BCUT2D eigenvalue weighted by molar-refractivity contribution is -0.119. The molecule has 1 atom stereocenters. The van der Waals surface area contributed by atoms with Crippen LogP contribution in [0, 0.1) is 5.92 Å². The number of hydrogen-bond donors (Lipinski definition) is 5. The summed E-state index contributed by atoms with van der Waals surface area (Å²) in [7, 11) is 0. The molecule has 1 unspecified atom stereocenters. The topological polar surface area (TPSA) is 173 Å². The quantitative estimate of drug-likeness (QED) is 0.413. The molecule has 27 heavy (non-hydrogen) atoms. The second kappa shape index (κ2) is 9.70. The summed E-state index contributed by atoms with van der Waals surface area (Å²) in [5.41, 5.74) is 5.74. The Labute approximate surface area is 157 Å². The van der Waals surface area contributed by atoms with Gasteiger partial charge in [0.1, 0.15) is 11.3 Å². The number of benzene rings is 1. The fourth-order valence-corrected chi connectivity index (χ4v) is 2.19. The number of anilines is 1. The number of hydrogen-bond acceptors (Lipinski definition) is 5. The maximum Gasteiger partial charge on any atom is 0.339 e. The number of carbonyl (C=O) groups is 3. The van der Waals surface area contributed by atoms with Crippen molar-refractivity contribution in [2.75, 3.05) is 11.9 Å². The molecule has 0 radical (unpaired) electrons. The molecule has 2 amide bonds. The minimum Gasteiger partial charge on any atom is -0.507 e. The van der Waals surface area contributed by atoms with E-state index in [0.717, 1.165) is 6.07 Å². The first-order valence-electron chi connectivity index (χ1n) is 8.00. The minimum atomic E-state index is -1.27. The van der Waals surface area contributed by atoms with Gasteiger partial charge in [-0.2, -0.15) is 0 Å². The van der Waals surface area contributed by atoms with E-state index in [2.05, 4.69) is 17.2 Å². The molecule has 1 aromatic rings. The van der Waals surface area contributed by atoms with Gasteiger partial charge in [0.25, 0.3) is 0 Å². The molecule has 0 aliphatic rings. The number of carboxylic acid groups (broad SMARTS) is 1. The summed E-state index contributed by atoms with van der Waals surface area (Å²) in [5.74, 6) is -2.74. The number of carbonyl (C=O) groups excluding carboxylic acids is 2. The number of rotatable bonds is 8. The van der Waals surface area contributed by atoms with Crippen LogP contribution in [-0.4, -0.2) is 45.6 Å². The molecule has 0 saturated heterocycles. The summed E-state index contributed by atoms with van der Waals surface area (Å²) in [6, 6.07) is 3.74. The molecule has 0 aliphatic carbocycles. The van der Waals surface area contributed by atoms with Gasteiger partial charge in [0, 0.05) is 41.7 Å². The van der Waals surface area contributed by atoms with Gasteiger partial charge < -0.3 is 32.1 Å². The maximum absolute atomic E-state index is 12.3. The average Bonchev–Trinajstić information content (AvgIpc) is 2.49. The standard InChI is InChI=1S/C18H25N3O5.H2O/c1-10(2)16(24)20-9-11(18(3,4)19)7-15(23)21-12-5-6-13(17(25)26)14(22)8-12;/h5-6,8,11,22H,1,7,9,19H2,2-4H3,(H,20,24)(H,21,23)(H,25,26);1H2. The molecule has 9 heteroatoms. The lowest BCUT2D eigenvalue weighted by atomic mass is 9.85. The van der Waals surface area contributed by atoms with E-state index in [-0.39, 0.29) is 47.4 Å². The van der Waals surface area contributed by atoms with Crippen molar-refractivity contribution >= 4 is 23.5 Å². The summed E-state index contributed by atoms with van der Waals surface area (Å²) in [5, 5.41) is 23.8. The highest BCUT2D eigenvalue weighted by atomic mass is 16.4. The summed E-state index contributed by atoms with van der Waals surface area (Å²) in [6.07, 6.45) is 0.0292. The summed E-state index contributed by atoms with van der Waals surface area (Å²) in [4.78, 5) is 34.8. The Hall–Kier alpha value is -2.91. The number of nitrogens with one attached hydrogen (secondary N) is 2. The third-order valence-corrected chi connectivity index (χ3v) is 3.89. The predicted molar refractivity (Wildman–Crippen MR) is 102 cm³/mol. The Bertz CT molecular complexity index is 724. The van der Waals surface area contributed by atoms with Gasteiger partial charge in [0.15, 0.2) is 0 Å². The second-order valence-electron chi connectivity index (χ2n) is 6.80. The van der Waals surface area contributed by atoms with Crippen molar-refractivity contribution in [3.05, 3.63) is 35.9 Å². The lowest BCUT2D eigenvalue weighted by Gasteiger charge is -2.30. The van der Waals surface area contributed by atoms with E-state index in [9.17, 15) is 19.5 Å². The van der Waals surface area contributed by atoms with Gasteiger partial charge in [-0.05, 0) is 32.9 Å². The van der Waals surface area contributed by atoms with Crippen molar-refractivity contribution < 1.29 is 30.1 Å². The van der Waals surface area contributed by atoms with E-state index >= 15 is 0 Å². The zero-order valence-corrected chi connectivity index (χ0v) is 15.6. The fraction of sp³-hybridized carbons (Fsp3) is 0.389. The van der Waals surface area contributed by atoms with Gasteiger partial charge in [-0.15, -0.1) is 0 Å². The van der Waals surface area contributed by atoms with E-state index in [4.69, 9.17) is 10.8 Å². The van der Waals surface area contributed by atoms with Gasteiger partial charge in [-0.3, -0.25) is 9.59 Å². The number of amides is 2. The van der Waals surface area contributed by atoms with E-state index < -0.39 is 17.3 Å². The van der Waals surface area contributed by atoms with Gasteiger partial charge in [0.2, 0.25) is 11.8 Å². The first-order valence-corrected chi connectivity index (χ1v) is 8.00. The predicted octanol–water partition coefficient (Wildman–Crippen LogP) is 0.640. The highest BCUT2D eigenvalue weighted by Crippen LogP contribution is 2.23. The zero-order valence-electron chi connectivity index (χ0n) is 15.6. The summed E-state index contributed by atoms with van der Waals surface area (Å²) in [6.45, 7) is 8.84. The first-order chi connectivity index (χ1) is 11.9. The molecular formula is C18H27N3O6. The van der Waals surface area contributed by atoms with Crippen LogP contribution < -0.4 is 16.4 Å². The Morgan fingerprint density at radius 3 is 2.33 bits per heavy atom. The lowest BCUT2D eigenvalue weighted by Crippen LogP contribution is -2.48. The van der Waals surface area contributed by atoms with Crippen LogP contribution in [0.3, 0.4) is 0 Å². The van der Waals surface area contributed by atoms with E-state index in [0.29, 0.717) is 5.57 Å². The summed E-state index contributed by atoms with van der Waals surface area (Å²) < 4.78 is 0. The van der Waals surface area contributed by atoms with Crippen molar-refractivity contribution in [1.82, 2.24) is 5.32 Å². The summed E-state index contributed by atoms with van der Waals surface area (Å²) >= 11 is 0. The number of nitrogens with two attached hydrogens (primary N) is 1. The zero-order chi connectivity index (χ0) is 20.1. The molecule has 8 N–H and O–H groups in total. The molecule has 1 aromatic carbocycles. The second-order valence-corrected chi connectivity index (χ2v) is 6.80. The number of aromatic hydroxyl groups is 1. The maximum atomic E-state index is 12.3. The molecule has 9 nitrogen and oxygen atoms in total. The van der Waals surface area contributed by atoms with Crippen molar-refractivity contribution in [2.24, 2.45) is 11.7 Å². The molecule has 0 saturated carbocycles. The van der Waals surface area contributed by atoms with Gasteiger partial charge in [-0.1, -0.05) is 6.58 Å². The molecule has 150 valence electrons. The van der Waals surface area contributed by atoms with Crippen LogP contribution in [0.1, 0.15) is 37.6 Å². The normalized spacial score (nSPS) is 11.7. The SMILES string of the molecule is C=C(C)C(=O)NCC(CC(=O)Nc1ccc(C(=O)O)c(O)c1)C(C)(C)N.O. The van der Waals surface area contributed by atoms with Crippen LogP contribution in [0.15, 0.2) is 30.4 Å². The van der Waals surface area contributed by atoms with Crippen molar-refractivity contribution in [3.63, 3.8) is 0 Å². The van der Waals surface area contributed by atoms with Crippen molar-refractivity contribution in [3.8, 4) is 5.75 Å². The molecule has 0 aromatic heterocycles. The highest BCUT2D eigenvalue weighted by molar-refractivity contribution is 5.95. The van der Waals surface area contributed by atoms with E-state index in [1.54, 1.807) is 20.8 Å². The van der Waals surface area contributed by atoms with Crippen LogP contribution in [0.5, 0.6) is 5.75 Å². The Balaban J connectivity index is 0.00000676. The molecule has 0 aliphatic heterocycles. The Morgan fingerprint density at radius 1 is 1.30 bits per heavy atom. The highest BCUT2D eigenvalue weighted by Gasteiger charge is 2.28. The third-order valence-electron chi connectivity index (χ3n) is 3.89. The van der Waals surface area contributed by atoms with Crippen LogP contribution in [0.25, 0.3) is 0 Å². The first kappa shape index (κ1) is 24.1. The minimum absolute atomic E-state index is 0. The molecular weight excluding hydrogens is 354 g/mol. The molecule has 0 fully saturated rings. The Morgan fingerprint density at radius 2 is 1.89 bits per heavy atom. The van der Waals surface area contributed by atoms with Gasteiger partial charge in [0.05, 0.1) is 0 Å². The van der Waals surface area contributed by atoms with Crippen molar-refractivity contribution in [2.45, 2.75) is 32.7 Å². The van der Waals surface area contributed by atoms with Crippen LogP contribution in [-0.2, 0) is 9.59 Å². The number of carboxylic acids is 1. The van der Waals surface area contributed by atoms with E-state index in [1.165, 1.54) is 12.1 Å². The van der Waals surface area contributed by atoms with Crippen LogP contribution >= 0.6 is 0 Å². The molecule has 0 heterocycles. The third kappa shape index (κ3) is 7.47. The smallest absolute Gasteiger partial charge is 0.339 e. The number of aromatic carboxylic acids is 1. The molecule has 1 rings (SSSR count). The number of phenols is 1. The average molecular weight is 381 g/mol. The Kier molecular flexibility index (Phi) is 8.65. The molecule has 0 bridgehead atoms. The largest absolute Gasteiger partial charge is 0.507 e. The van der Waals surface area contributed by atoms with Gasteiger partial charge in [-0.25, -0.2) is 4.79 Å². The van der Waals surface area contributed by atoms with E-state index in [1.807, 2.05) is 0 Å². The van der Waals surface area contributed by atoms with Crippen LogP contribution in [0.4, 0.5) is 5.69 Å². The van der Waals surface area contributed by atoms with Gasteiger partial charge >= 0.3 is 5.97 Å². The van der Waals surface area contributed by atoms with Crippen molar-refractivity contribution in [1.29, 1.82) is 0 Å². The monoisotopic (exact) mass is 381 g/mol. The molecule has 0 spiro atoms. The fourth-order valence-electron chi connectivity index (χ4n) is 2.19. The van der Waals surface area contributed by atoms with Crippen LogP contribution in [0.2, 0.25) is 0 Å².